The number of hydrogen-bond donors (Lipinski definition) is 0. The molecule has 0 aliphatic rings. The van der Waals surface area contributed by atoms with Crippen LogP contribution in [0.2, 0.25) is 0 Å². The van der Waals surface area contributed by atoms with Crippen molar-refractivity contribution in [2.75, 3.05) is 33.9 Å². The Morgan fingerprint density at radius 3 is 2.52 bits per heavy atom. The summed E-state index contributed by atoms with van der Waals surface area (Å²) in [5.74, 6) is -0.436. The van der Waals surface area contributed by atoms with Gasteiger partial charge < -0.3 is 14.4 Å². The summed E-state index contributed by atoms with van der Waals surface area (Å²) in [5, 5.41) is 0. The van der Waals surface area contributed by atoms with Crippen LogP contribution in [0, 0.1) is 0 Å². The molecule has 1 amide bonds. The Balaban J connectivity index is 2.76. The van der Waals surface area contributed by atoms with Crippen LogP contribution >= 0.6 is 15.9 Å². The third-order valence-corrected chi connectivity index (χ3v) is 3.67. The smallest absolute Gasteiger partial charge is 0.307 e. The first-order chi connectivity index (χ1) is 10.1. The van der Waals surface area contributed by atoms with Crippen molar-refractivity contribution >= 4 is 27.8 Å². The Morgan fingerprint density at radius 2 is 1.90 bits per heavy atom. The van der Waals surface area contributed by atoms with Crippen molar-refractivity contribution in [3.63, 3.8) is 0 Å². The molecule has 0 aromatic heterocycles. The first-order valence-electron chi connectivity index (χ1n) is 6.69. The van der Waals surface area contributed by atoms with Crippen LogP contribution in [0.1, 0.15) is 23.2 Å². The Bertz CT molecular complexity index is 478. The highest BCUT2D eigenvalue weighted by atomic mass is 79.9. The van der Waals surface area contributed by atoms with Crippen LogP contribution in [-0.4, -0.2) is 50.7 Å². The van der Waals surface area contributed by atoms with E-state index in [2.05, 4.69) is 20.7 Å². The molecule has 21 heavy (non-hydrogen) atoms. The summed E-state index contributed by atoms with van der Waals surface area (Å²) in [4.78, 5) is 25.5. The van der Waals surface area contributed by atoms with Gasteiger partial charge in [-0.2, -0.15) is 0 Å². The predicted octanol–water partition coefficient (Wildman–Crippen LogP) is 2.49. The second-order valence-corrected chi connectivity index (χ2v) is 5.30. The molecule has 0 aliphatic heterocycles. The maximum absolute atomic E-state index is 12.6. The summed E-state index contributed by atoms with van der Waals surface area (Å²) in [6.07, 6.45) is 0.896. The zero-order valence-corrected chi connectivity index (χ0v) is 13.9. The van der Waals surface area contributed by atoms with Crippen molar-refractivity contribution < 1.29 is 19.1 Å². The lowest BCUT2D eigenvalue weighted by Crippen LogP contribution is -2.34. The fraction of sp³-hybridized carbons (Fsp3) is 0.467. The Morgan fingerprint density at radius 1 is 1.19 bits per heavy atom. The number of rotatable bonds is 8. The number of methoxy groups -OCH3 is 2. The molecule has 0 atom stereocenters. The minimum absolute atomic E-state index is 0.109. The molecule has 0 saturated carbocycles. The zero-order valence-electron chi connectivity index (χ0n) is 12.3. The minimum Gasteiger partial charge on any atom is -0.469 e. The van der Waals surface area contributed by atoms with E-state index in [1.807, 2.05) is 18.2 Å². The molecule has 0 N–H and O–H groups in total. The lowest BCUT2D eigenvalue weighted by molar-refractivity contribution is -0.140. The molecule has 0 aliphatic carbocycles. The monoisotopic (exact) mass is 357 g/mol. The average Bonchev–Trinajstić information content (AvgIpc) is 2.50. The average molecular weight is 358 g/mol. The van der Waals surface area contributed by atoms with Crippen molar-refractivity contribution in [1.82, 2.24) is 4.90 Å². The molecule has 0 heterocycles. The maximum atomic E-state index is 12.6. The van der Waals surface area contributed by atoms with Crippen LogP contribution in [0.4, 0.5) is 0 Å². The molecule has 0 bridgehead atoms. The first-order valence-corrected chi connectivity index (χ1v) is 7.49. The van der Waals surface area contributed by atoms with Gasteiger partial charge in [0.25, 0.3) is 5.91 Å². The van der Waals surface area contributed by atoms with E-state index in [0.29, 0.717) is 31.7 Å². The van der Waals surface area contributed by atoms with E-state index in [4.69, 9.17) is 4.74 Å². The summed E-state index contributed by atoms with van der Waals surface area (Å²) in [5.41, 5.74) is 0.583. The van der Waals surface area contributed by atoms with E-state index in [1.54, 1.807) is 18.1 Å². The first kappa shape index (κ1) is 17.7. The number of benzene rings is 1. The third-order valence-electron chi connectivity index (χ3n) is 2.98. The summed E-state index contributed by atoms with van der Waals surface area (Å²) in [7, 11) is 2.96. The van der Waals surface area contributed by atoms with Gasteiger partial charge in [-0.3, -0.25) is 9.59 Å². The van der Waals surface area contributed by atoms with Crippen LogP contribution < -0.4 is 0 Å². The number of carbonyl (C=O) groups is 2. The molecule has 0 fully saturated rings. The molecule has 0 saturated heterocycles. The van der Waals surface area contributed by atoms with Crippen molar-refractivity contribution in [2.24, 2.45) is 0 Å². The summed E-state index contributed by atoms with van der Waals surface area (Å²) < 4.78 is 10.4. The topological polar surface area (TPSA) is 55.8 Å². The molecule has 0 unspecified atom stereocenters. The Hall–Kier alpha value is -1.40. The van der Waals surface area contributed by atoms with Crippen LogP contribution in [0.3, 0.4) is 0 Å². The molecule has 116 valence electrons. The van der Waals surface area contributed by atoms with Gasteiger partial charge in [-0.1, -0.05) is 12.1 Å². The number of nitrogens with zero attached hydrogens (tertiary/aromatic N) is 1. The van der Waals surface area contributed by atoms with Gasteiger partial charge in [0.05, 0.1) is 19.1 Å². The van der Waals surface area contributed by atoms with Crippen molar-refractivity contribution in [1.29, 1.82) is 0 Å². The lowest BCUT2D eigenvalue weighted by Gasteiger charge is -2.22. The third kappa shape index (κ3) is 5.85. The van der Waals surface area contributed by atoms with Crippen molar-refractivity contribution in [3.8, 4) is 0 Å². The van der Waals surface area contributed by atoms with Crippen LogP contribution in [0.5, 0.6) is 0 Å². The van der Waals surface area contributed by atoms with Crippen molar-refractivity contribution in [2.45, 2.75) is 12.8 Å². The Labute approximate surface area is 133 Å². The second-order valence-electron chi connectivity index (χ2n) is 4.44. The summed E-state index contributed by atoms with van der Waals surface area (Å²) >= 11 is 3.38. The highest BCUT2D eigenvalue weighted by Gasteiger charge is 2.18. The van der Waals surface area contributed by atoms with Gasteiger partial charge in [0.1, 0.15) is 0 Å². The van der Waals surface area contributed by atoms with Crippen LogP contribution in [-0.2, 0) is 14.3 Å². The number of hydrogen-bond acceptors (Lipinski definition) is 4. The molecule has 6 heteroatoms. The van der Waals surface area contributed by atoms with Gasteiger partial charge in [0, 0.05) is 31.3 Å². The van der Waals surface area contributed by atoms with E-state index in [1.165, 1.54) is 7.11 Å². The molecule has 5 nitrogen and oxygen atoms in total. The van der Waals surface area contributed by atoms with Gasteiger partial charge in [0.15, 0.2) is 0 Å². The van der Waals surface area contributed by atoms with Gasteiger partial charge in [-0.05, 0) is 34.5 Å². The quantitative estimate of drug-likeness (QED) is 0.529. The number of ether oxygens (including phenoxy) is 2. The molecule has 1 aromatic carbocycles. The van der Waals surface area contributed by atoms with E-state index in [0.717, 1.165) is 4.47 Å². The molecule has 0 radical (unpaired) electrons. The normalized spacial score (nSPS) is 10.2. The fourth-order valence-corrected chi connectivity index (χ4v) is 2.30. The number of halogens is 1. The van der Waals surface area contributed by atoms with Gasteiger partial charge in [-0.15, -0.1) is 0 Å². The van der Waals surface area contributed by atoms with Gasteiger partial charge in [0.2, 0.25) is 0 Å². The number of esters is 1. The predicted molar refractivity (Wildman–Crippen MR) is 83.2 cm³/mol. The molecule has 1 aromatic rings. The summed E-state index contributed by atoms with van der Waals surface area (Å²) in [6, 6.07) is 7.24. The van der Waals surface area contributed by atoms with E-state index in [-0.39, 0.29) is 18.3 Å². The van der Waals surface area contributed by atoms with Crippen molar-refractivity contribution in [3.05, 3.63) is 34.3 Å². The van der Waals surface area contributed by atoms with Gasteiger partial charge in [-0.25, -0.2) is 0 Å². The number of amides is 1. The minimum atomic E-state index is -0.327. The van der Waals surface area contributed by atoms with E-state index in [9.17, 15) is 9.59 Å². The van der Waals surface area contributed by atoms with Crippen LogP contribution in [0.25, 0.3) is 0 Å². The molecular formula is C15H20BrNO4. The second kappa shape index (κ2) is 9.52. The highest BCUT2D eigenvalue weighted by Crippen LogP contribution is 2.18. The SMILES string of the molecule is COCCCN(CCC(=O)OC)C(=O)c1ccccc1Br. The van der Waals surface area contributed by atoms with E-state index >= 15 is 0 Å². The van der Waals surface area contributed by atoms with Crippen LogP contribution in [0.15, 0.2) is 28.7 Å². The lowest BCUT2D eigenvalue weighted by atomic mass is 10.2. The zero-order chi connectivity index (χ0) is 15.7. The fourth-order valence-electron chi connectivity index (χ4n) is 1.85. The van der Waals surface area contributed by atoms with E-state index < -0.39 is 0 Å². The molecule has 0 spiro atoms. The summed E-state index contributed by atoms with van der Waals surface area (Å²) in [6.45, 7) is 1.43. The Kier molecular flexibility index (Phi) is 8.00. The standard InChI is InChI=1S/C15H20BrNO4/c1-20-11-5-9-17(10-8-14(18)21-2)15(19)12-6-3-4-7-13(12)16/h3-4,6-7H,5,8-11H2,1-2H3. The largest absolute Gasteiger partial charge is 0.469 e. The molecule has 1 rings (SSSR count). The maximum Gasteiger partial charge on any atom is 0.307 e. The number of carbonyl (C=O) groups excluding carboxylic acids is 2. The van der Waals surface area contributed by atoms with Gasteiger partial charge >= 0.3 is 5.97 Å². The molecular weight excluding hydrogens is 338 g/mol. The highest BCUT2D eigenvalue weighted by molar-refractivity contribution is 9.10.